The van der Waals surface area contributed by atoms with E-state index < -0.39 is 17.6 Å². The molecule has 1 aliphatic heterocycles. The molecule has 2 amide bonds. The summed E-state index contributed by atoms with van der Waals surface area (Å²) in [6.07, 6.45) is 3.68. The van der Waals surface area contributed by atoms with E-state index in [0.717, 1.165) is 27.9 Å². The Balaban J connectivity index is 1.73. The van der Waals surface area contributed by atoms with Gasteiger partial charge in [0.25, 0.3) is 11.8 Å². The molecule has 2 aromatic carbocycles. The second kappa shape index (κ2) is 8.28. The van der Waals surface area contributed by atoms with Gasteiger partial charge >= 0.3 is 0 Å². The number of benzene rings is 2. The molecule has 27 heavy (non-hydrogen) atoms. The molecule has 1 fully saturated rings. The summed E-state index contributed by atoms with van der Waals surface area (Å²) in [7, 11) is 0. The highest BCUT2D eigenvalue weighted by Gasteiger charge is 2.33. The number of amides is 2. The minimum Gasteiger partial charge on any atom is -0.267 e. The van der Waals surface area contributed by atoms with Gasteiger partial charge in [0, 0.05) is 5.56 Å². The first-order valence-electron chi connectivity index (χ1n) is 8.02. The lowest BCUT2D eigenvalue weighted by Gasteiger charge is -2.15. The molecule has 1 heterocycles. The van der Waals surface area contributed by atoms with Crippen LogP contribution in [0.3, 0.4) is 0 Å². The van der Waals surface area contributed by atoms with Gasteiger partial charge in [-0.1, -0.05) is 48.2 Å². The molecule has 7 heteroatoms. The predicted molar refractivity (Wildman–Crippen MR) is 109 cm³/mol. The third-order valence-corrected chi connectivity index (χ3v) is 4.97. The fraction of sp³-hybridized carbons (Fsp3) is 0.0500. The van der Waals surface area contributed by atoms with Crippen LogP contribution in [0, 0.1) is 5.82 Å². The Hall–Kier alpha value is -2.77. The molecule has 3 rings (SSSR count). The predicted octanol–water partition coefficient (Wildman–Crippen LogP) is 4.32. The number of hydrazine groups is 1. The third kappa shape index (κ3) is 4.69. The Morgan fingerprint density at radius 3 is 2.48 bits per heavy atom. The van der Waals surface area contributed by atoms with E-state index in [-0.39, 0.29) is 9.88 Å². The average Bonchev–Trinajstić information content (AvgIpc) is 2.90. The maximum Gasteiger partial charge on any atom is 0.285 e. The molecular weight excluding hydrogens is 383 g/mol. The van der Waals surface area contributed by atoms with Gasteiger partial charge in [0.1, 0.15) is 5.82 Å². The number of nitrogens with one attached hydrogen (secondary N) is 1. The molecule has 1 saturated heterocycles. The van der Waals surface area contributed by atoms with Gasteiger partial charge in [-0.25, -0.2) is 4.39 Å². The molecule has 1 N–H and O–H groups in total. The molecule has 0 radical (unpaired) electrons. The van der Waals surface area contributed by atoms with Gasteiger partial charge in [0.15, 0.2) is 4.32 Å². The average molecular weight is 398 g/mol. The summed E-state index contributed by atoms with van der Waals surface area (Å²) in [6.45, 7) is 1.89. The third-order valence-electron chi connectivity index (χ3n) is 3.67. The van der Waals surface area contributed by atoms with E-state index >= 15 is 0 Å². The molecular formula is C20H15FN2O2S2. The quantitative estimate of drug-likeness (QED) is 0.616. The monoisotopic (exact) mass is 398 g/mol. The summed E-state index contributed by atoms with van der Waals surface area (Å²) < 4.78 is 13.2. The fourth-order valence-electron chi connectivity index (χ4n) is 2.39. The largest absolute Gasteiger partial charge is 0.285 e. The van der Waals surface area contributed by atoms with Gasteiger partial charge in [-0.15, -0.1) is 0 Å². The summed E-state index contributed by atoms with van der Waals surface area (Å²) in [4.78, 5) is 25.2. The van der Waals surface area contributed by atoms with Gasteiger partial charge in [0.2, 0.25) is 0 Å². The molecule has 136 valence electrons. The first-order chi connectivity index (χ1) is 12.9. The van der Waals surface area contributed by atoms with E-state index in [1.807, 2.05) is 43.3 Å². The van der Waals surface area contributed by atoms with Crippen molar-refractivity contribution in [3.05, 3.63) is 88.1 Å². The fourth-order valence-corrected chi connectivity index (χ4v) is 3.62. The van der Waals surface area contributed by atoms with Gasteiger partial charge in [-0.05, 0) is 60.6 Å². The van der Waals surface area contributed by atoms with E-state index in [1.165, 1.54) is 24.3 Å². The lowest BCUT2D eigenvalue weighted by Crippen LogP contribution is -2.44. The van der Waals surface area contributed by atoms with Crippen molar-refractivity contribution in [1.82, 2.24) is 10.4 Å². The summed E-state index contributed by atoms with van der Waals surface area (Å²) in [5, 5.41) is 1.04. The number of hydrogen-bond acceptors (Lipinski definition) is 4. The van der Waals surface area contributed by atoms with E-state index in [1.54, 1.807) is 6.08 Å². The Morgan fingerprint density at radius 1 is 1.15 bits per heavy atom. The highest BCUT2D eigenvalue weighted by Crippen LogP contribution is 2.31. The first kappa shape index (κ1) is 19.0. The molecule has 0 saturated carbocycles. The summed E-state index contributed by atoms with van der Waals surface area (Å²) in [5.74, 6) is -1.38. The van der Waals surface area contributed by atoms with Crippen molar-refractivity contribution in [2.45, 2.75) is 6.92 Å². The van der Waals surface area contributed by atoms with E-state index in [2.05, 4.69) is 5.43 Å². The maximum atomic E-state index is 13.0. The molecule has 0 spiro atoms. The van der Waals surface area contributed by atoms with E-state index in [4.69, 9.17) is 12.2 Å². The van der Waals surface area contributed by atoms with Crippen LogP contribution in [-0.4, -0.2) is 21.1 Å². The van der Waals surface area contributed by atoms with E-state index in [0.29, 0.717) is 4.91 Å². The Kier molecular flexibility index (Phi) is 5.83. The smallest absolute Gasteiger partial charge is 0.267 e. The van der Waals surface area contributed by atoms with Crippen LogP contribution in [0.1, 0.15) is 22.8 Å². The number of allylic oxidation sites excluding steroid dienone is 2. The highest BCUT2D eigenvalue weighted by molar-refractivity contribution is 8.26. The van der Waals surface area contributed by atoms with E-state index in [9.17, 15) is 14.0 Å². The number of carbonyl (C=O) groups excluding carboxylic acids is 2. The van der Waals surface area contributed by atoms with Crippen LogP contribution in [0.5, 0.6) is 0 Å². The SMILES string of the molecule is CC(=C\c1ccccc1)/C=C1/SC(=S)N(NC(=O)c2ccc(F)cc2)C1=O. The topological polar surface area (TPSA) is 49.4 Å². The molecule has 2 aromatic rings. The van der Waals surface area contributed by atoms with Crippen molar-refractivity contribution in [3.63, 3.8) is 0 Å². The maximum absolute atomic E-state index is 13.0. The minimum absolute atomic E-state index is 0.231. The number of nitrogens with zero attached hydrogens (tertiary/aromatic N) is 1. The van der Waals surface area contributed by atoms with Crippen LogP contribution in [0.2, 0.25) is 0 Å². The van der Waals surface area contributed by atoms with Gasteiger partial charge in [-0.2, -0.15) is 5.01 Å². The highest BCUT2D eigenvalue weighted by atomic mass is 32.2. The molecule has 0 atom stereocenters. The molecule has 0 unspecified atom stereocenters. The van der Waals surface area contributed by atoms with Crippen LogP contribution in [-0.2, 0) is 4.79 Å². The summed E-state index contributed by atoms with van der Waals surface area (Å²) in [5.41, 5.74) is 4.60. The molecule has 1 aliphatic rings. The normalized spacial score (nSPS) is 16.1. The van der Waals surface area contributed by atoms with Crippen LogP contribution >= 0.6 is 24.0 Å². The van der Waals surface area contributed by atoms with Crippen molar-refractivity contribution in [1.29, 1.82) is 0 Å². The molecule has 0 aromatic heterocycles. The van der Waals surface area contributed by atoms with Crippen molar-refractivity contribution < 1.29 is 14.0 Å². The van der Waals surface area contributed by atoms with Crippen molar-refractivity contribution in [2.24, 2.45) is 0 Å². The Labute approximate surface area is 165 Å². The zero-order chi connectivity index (χ0) is 19.4. The zero-order valence-electron chi connectivity index (χ0n) is 14.3. The van der Waals surface area contributed by atoms with Gasteiger partial charge < -0.3 is 0 Å². The number of carbonyl (C=O) groups is 2. The van der Waals surface area contributed by atoms with Gasteiger partial charge in [-0.3, -0.25) is 15.0 Å². The Morgan fingerprint density at radius 2 is 1.81 bits per heavy atom. The van der Waals surface area contributed by atoms with Crippen LogP contribution in [0.25, 0.3) is 6.08 Å². The van der Waals surface area contributed by atoms with Crippen molar-refractivity contribution >= 4 is 46.2 Å². The van der Waals surface area contributed by atoms with Crippen molar-refractivity contribution in [3.8, 4) is 0 Å². The number of rotatable bonds is 4. The number of halogens is 1. The zero-order valence-corrected chi connectivity index (χ0v) is 15.9. The second-order valence-corrected chi connectivity index (χ2v) is 7.44. The van der Waals surface area contributed by atoms with Crippen molar-refractivity contribution in [2.75, 3.05) is 0 Å². The standard InChI is InChI=1S/C20H15FN2O2S2/c1-13(11-14-5-3-2-4-6-14)12-17-19(25)23(20(26)27-17)22-18(24)15-7-9-16(21)10-8-15/h2-12H,1H3,(H,22,24)/b13-11+,17-12+. The summed E-state index contributed by atoms with van der Waals surface area (Å²) >= 11 is 6.31. The molecule has 0 bridgehead atoms. The summed E-state index contributed by atoms with van der Waals surface area (Å²) in [6, 6.07) is 14.8. The lowest BCUT2D eigenvalue weighted by molar-refractivity contribution is -0.123. The van der Waals surface area contributed by atoms with Crippen LogP contribution < -0.4 is 5.43 Å². The van der Waals surface area contributed by atoms with Crippen LogP contribution in [0.15, 0.2) is 71.2 Å². The number of thioether (sulfide) groups is 1. The number of thiocarbonyl (C=S) groups is 1. The molecule has 4 nitrogen and oxygen atoms in total. The first-order valence-corrected chi connectivity index (χ1v) is 9.24. The number of hydrogen-bond donors (Lipinski definition) is 1. The van der Waals surface area contributed by atoms with Gasteiger partial charge in [0.05, 0.1) is 4.91 Å². The van der Waals surface area contributed by atoms with Crippen LogP contribution in [0.4, 0.5) is 4.39 Å². The minimum atomic E-state index is -0.538. The second-order valence-electron chi connectivity index (χ2n) is 5.76. The Bertz CT molecular complexity index is 954. The molecule has 0 aliphatic carbocycles. The lowest BCUT2D eigenvalue weighted by atomic mass is 10.1.